The van der Waals surface area contributed by atoms with Crippen molar-refractivity contribution in [2.45, 2.75) is 50.5 Å². The van der Waals surface area contributed by atoms with Crippen LogP contribution in [0.4, 0.5) is 0 Å². The summed E-state index contributed by atoms with van der Waals surface area (Å²) in [4.78, 5) is 0. The number of hydrogen-bond acceptors (Lipinski definition) is 4. The van der Waals surface area contributed by atoms with Crippen LogP contribution in [0.5, 0.6) is 0 Å². The van der Waals surface area contributed by atoms with E-state index in [0.717, 1.165) is 29.5 Å². The molecule has 98 valence electrons. The molecule has 4 saturated carbocycles. The van der Waals surface area contributed by atoms with E-state index in [9.17, 15) is 0 Å². The first kappa shape index (κ1) is 11.0. The first-order valence-corrected chi connectivity index (χ1v) is 7.25. The molecule has 4 bridgehead atoms. The SMILES string of the molecule is CNCc1nnc(C23CC4CC(CC(C4)C2)C3)o1. The standard InChI is InChI=1S/C14H21N3O/c1-15-8-12-16-17-13(18-12)14-5-9-2-10(6-14)4-11(3-9)7-14/h9-11,15H,2-8H2,1H3. The molecule has 1 aromatic heterocycles. The summed E-state index contributed by atoms with van der Waals surface area (Å²) >= 11 is 0. The van der Waals surface area contributed by atoms with Crippen molar-refractivity contribution in [3.63, 3.8) is 0 Å². The third-order valence-corrected chi connectivity index (χ3v) is 5.29. The fourth-order valence-corrected chi connectivity index (χ4v) is 5.06. The predicted molar refractivity (Wildman–Crippen MR) is 66.9 cm³/mol. The zero-order valence-electron chi connectivity index (χ0n) is 11.0. The lowest BCUT2D eigenvalue weighted by Crippen LogP contribution is -2.48. The Morgan fingerprint density at radius 1 is 1.11 bits per heavy atom. The Morgan fingerprint density at radius 2 is 1.72 bits per heavy atom. The van der Waals surface area contributed by atoms with E-state index in [4.69, 9.17) is 4.42 Å². The first-order valence-electron chi connectivity index (χ1n) is 7.25. The molecule has 0 amide bonds. The van der Waals surface area contributed by atoms with Crippen molar-refractivity contribution in [3.05, 3.63) is 11.8 Å². The van der Waals surface area contributed by atoms with Crippen LogP contribution in [0.3, 0.4) is 0 Å². The second-order valence-electron chi connectivity index (χ2n) is 6.73. The molecule has 18 heavy (non-hydrogen) atoms. The molecule has 4 fully saturated rings. The van der Waals surface area contributed by atoms with Gasteiger partial charge in [-0.05, 0) is 63.3 Å². The van der Waals surface area contributed by atoms with Gasteiger partial charge in [-0.25, -0.2) is 0 Å². The molecule has 4 nitrogen and oxygen atoms in total. The molecule has 0 aliphatic heterocycles. The minimum absolute atomic E-state index is 0.244. The highest BCUT2D eigenvalue weighted by Crippen LogP contribution is 2.60. The molecule has 4 aliphatic carbocycles. The fourth-order valence-electron chi connectivity index (χ4n) is 5.06. The molecule has 0 unspecified atom stereocenters. The Hall–Kier alpha value is -0.900. The molecule has 0 saturated heterocycles. The van der Waals surface area contributed by atoms with Crippen molar-refractivity contribution in [1.82, 2.24) is 15.5 Å². The van der Waals surface area contributed by atoms with E-state index in [1.165, 1.54) is 38.5 Å². The molecule has 0 radical (unpaired) electrons. The fraction of sp³-hybridized carbons (Fsp3) is 0.857. The molecule has 1 heterocycles. The lowest BCUT2D eigenvalue weighted by molar-refractivity contribution is -0.0182. The first-order chi connectivity index (χ1) is 8.77. The maximum atomic E-state index is 5.92. The van der Waals surface area contributed by atoms with Crippen LogP contribution in [-0.4, -0.2) is 17.2 Å². The van der Waals surface area contributed by atoms with Gasteiger partial charge in [-0.15, -0.1) is 10.2 Å². The van der Waals surface area contributed by atoms with Gasteiger partial charge in [0.05, 0.1) is 6.54 Å². The second kappa shape index (κ2) is 3.80. The number of aromatic nitrogens is 2. The monoisotopic (exact) mass is 247 g/mol. The smallest absolute Gasteiger partial charge is 0.230 e. The summed E-state index contributed by atoms with van der Waals surface area (Å²) in [5, 5.41) is 11.6. The Morgan fingerprint density at radius 3 is 2.28 bits per heavy atom. The largest absolute Gasteiger partial charge is 0.423 e. The maximum Gasteiger partial charge on any atom is 0.230 e. The van der Waals surface area contributed by atoms with Crippen molar-refractivity contribution in [3.8, 4) is 0 Å². The van der Waals surface area contributed by atoms with Gasteiger partial charge in [-0.3, -0.25) is 0 Å². The van der Waals surface area contributed by atoms with E-state index in [1.807, 2.05) is 7.05 Å². The van der Waals surface area contributed by atoms with Gasteiger partial charge in [-0.1, -0.05) is 0 Å². The normalized spacial score (nSPS) is 41.5. The summed E-state index contributed by atoms with van der Waals surface area (Å²) in [6, 6.07) is 0. The minimum atomic E-state index is 0.244. The van der Waals surface area contributed by atoms with Gasteiger partial charge in [-0.2, -0.15) is 0 Å². The number of nitrogens with zero attached hydrogens (tertiary/aromatic N) is 2. The van der Waals surface area contributed by atoms with Crippen LogP contribution in [0.1, 0.15) is 50.3 Å². The van der Waals surface area contributed by atoms with Crippen LogP contribution in [0.25, 0.3) is 0 Å². The van der Waals surface area contributed by atoms with Crippen LogP contribution in [0.2, 0.25) is 0 Å². The molecule has 0 atom stereocenters. The van der Waals surface area contributed by atoms with Crippen LogP contribution in [-0.2, 0) is 12.0 Å². The third-order valence-electron chi connectivity index (χ3n) is 5.29. The second-order valence-corrected chi connectivity index (χ2v) is 6.73. The molecule has 1 aromatic rings. The number of rotatable bonds is 3. The summed E-state index contributed by atoms with van der Waals surface area (Å²) in [6.07, 6.45) is 8.24. The van der Waals surface area contributed by atoms with E-state index >= 15 is 0 Å². The topological polar surface area (TPSA) is 51.0 Å². The lowest BCUT2D eigenvalue weighted by atomic mass is 9.49. The minimum Gasteiger partial charge on any atom is -0.423 e. The van der Waals surface area contributed by atoms with Gasteiger partial charge in [0.15, 0.2) is 0 Å². The van der Waals surface area contributed by atoms with E-state index in [2.05, 4.69) is 15.5 Å². The van der Waals surface area contributed by atoms with E-state index in [-0.39, 0.29) is 5.41 Å². The summed E-state index contributed by atoms with van der Waals surface area (Å²) in [7, 11) is 1.91. The third kappa shape index (κ3) is 1.54. The summed E-state index contributed by atoms with van der Waals surface area (Å²) < 4.78 is 5.92. The Balaban J connectivity index is 1.66. The Kier molecular flexibility index (Phi) is 2.31. The highest BCUT2D eigenvalue weighted by Gasteiger charge is 2.54. The molecular weight excluding hydrogens is 226 g/mol. The van der Waals surface area contributed by atoms with Crippen molar-refractivity contribution in [1.29, 1.82) is 0 Å². The Bertz CT molecular complexity index is 418. The average Bonchev–Trinajstić information content (AvgIpc) is 2.77. The molecule has 4 heteroatoms. The number of nitrogens with one attached hydrogen (secondary N) is 1. The number of hydrogen-bond donors (Lipinski definition) is 1. The highest BCUT2D eigenvalue weighted by molar-refractivity contribution is 5.14. The Labute approximate surface area is 108 Å². The van der Waals surface area contributed by atoms with Crippen molar-refractivity contribution >= 4 is 0 Å². The summed E-state index contributed by atoms with van der Waals surface area (Å²) in [5.74, 6) is 4.46. The molecule has 0 spiro atoms. The van der Waals surface area contributed by atoms with Gasteiger partial charge in [0, 0.05) is 5.41 Å². The van der Waals surface area contributed by atoms with Gasteiger partial charge in [0.1, 0.15) is 0 Å². The summed E-state index contributed by atoms with van der Waals surface area (Å²) in [6.45, 7) is 0.680. The van der Waals surface area contributed by atoms with Gasteiger partial charge >= 0.3 is 0 Å². The maximum absolute atomic E-state index is 5.92. The highest BCUT2D eigenvalue weighted by atomic mass is 16.4. The van der Waals surface area contributed by atoms with Crippen molar-refractivity contribution < 1.29 is 4.42 Å². The van der Waals surface area contributed by atoms with Gasteiger partial charge < -0.3 is 9.73 Å². The molecule has 0 aromatic carbocycles. The van der Waals surface area contributed by atoms with Gasteiger partial charge in [0.25, 0.3) is 0 Å². The zero-order valence-corrected chi connectivity index (χ0v) is 11.0. The van der Waals surface area contributed by atoms with Gasteiger partial charge in [0.2, 0.25) is 11.8 Å². The molecule has 1 N–H and O–H groups in total. The molecule has 5 rings (SSSR count). The predicted octanol–water partition coefficient (Wildman–Crippen LogP) is 2.26. The van der Waals surface area contributed by atoms with Crippen molar-refractivity contribution in [2.75, 3.05) is 7.05 Å². The van der Waals surface area contributed by atoms with E-state index in [0.29, 0.717) is 6.54 Å². The summed E-state index contributed by atoms with van der Waals surface area (Å²) in [5.41, 5.74) is 0.244. The van der Waals surface area contributed by atoms with E-state index in [1.54, 1.807) is 0 Å². The van der Waals surface area contributed by atoms with Crippen molar-refractivity contribution in [2.24, 2.45) is 17.8 Å². The van der Waals surface area contributed by atoms with E-state index < -0.39 is 0 Å². The van der Waals surface area contributed by atoms with Crippen LogP contribution >= 0.6 is 0 Å². The van der Waals surface area contributed by atoms with Crippen LogP contribution in [0, 0.1) is 17.8 Å². The quantitative estimate of drug-likeness (QED) is 0.890. The molecular formula is C14H21N3O. The average molecular weight is 247 g/mol. The van der Waals surface area contributed by atoms with Crippen LogP contribution < -0.4 is 5.32 Å². The molecule has 4 aliphatic rings. The lowest BCUT2D eigenvalue weighted by Gasteiger charge is -2.55. The zero-order chi connectivity index (χ0) is 12.2. The van der Waals surface area contributed by atoms with Crippen LogP contribution in [0.15, 0.2) is 4.42 Å².